The first kappa shape index (κ1) is 14.8. The molecule has 4 atom stereocenters. The first-order valence-corrected chi connectivity index (χ1v) is 8.03. The maximum atomic E-state index is 12.8. The van der Waals surface area contributed by atoms with Crippen molar-refractivity contribution in [3.8, 4) is 0 Å². The Morgan fingerprint density at radius 1 is 0.783 bits per heavy atom. The highest BCUT2D eigenvalue weighted by molar-refractivity contribution is 6.36. The van der Waals surface area contributed by atoms with Gasteiger partial charge in [-0.2, -0.15) is 0 Å². The van der Waals surface area contributed by atoms with Gasteiger partial charge in [0.2, 0.25) is 11.8 Å². The van der Waals surface area contributed by atoms with Crippen molar-refractivity contribution in [2.45, 2.75) is 12.8 Å². The van der Waals surface area contributed by atoms with Crippen LogP contribution >= 0.6 is 23.2 Å². The Labute approximate surface area is 141 Å². The van der Waals surface area contributed by atoms with Gasteiger partial charge in [0.1, 0.15) is 11.6 Å². The molecule has 4 aliphatic rings. The van der Waals surface area contributed by atoms with E-state index in [0.29, 0.717) is 10.0 Å². The Kier molecular flexibility index (Phi) is 3.15. The molecule has 5 rings (SSSR count). The average Bonchev–Trinajstić information content (AvgIpc) is 2.72. The number of ketones is 2. The van der Waals surface area contributed by atoms with E-state index in [1.807, 2.05) is 0 Å². The molecule has 3 aliphatic carbocycles. The van der Waals surface area contributed by atoms with Gasteiger partial charge in [-0.05, 0) is 18.2 Å². The van der Waals surface area contributed by atoms with E-state index < -0.39 is 35.5 Å². The molecule has 2 bridgehead atoms. The van der Waals surface area contributed by atoms with Crippen LogP contribution in [0.15, 0.2) is 18.2 Å². The summed E-state index contributed by atoms with van der Waals surface area (Å²) in [6.45, 7) is 0. The fourth-order valence-corrected chi connectivity index (χ4v) is 4.61. The third-order valence-corrected chi connectivity index (χ3v) is 5.48. The number of imide groups is 1. The SMILES string of the molecule is O=C1C[C@@H]2C(=O)C[C@H]1[C@@H]1C(=O)N(c3cc(Cl)cc(Cl)c3)C(=O)[C@@H]12. The van der Waals surface area contributed by atoms with Gasteiger partial charge in [-0.15, -0.1) is 0 Å². The number of rotatable bonds is 1. The zero-order valence-electron chi connectivity index (χ0n) is 11.8. The van der Waals surface area contributed by atoms with Gasteiger partial charge in [0.25, 0.3) is 0 Å². The second-order valence-electron chi connectivity index (χ2n) is 6.24. The number of amides is 2. The second kappa shape index (κ2) is 4.89. The number of nitrogens with zero attached hydrogens (tertiary/aromatic N) is 1. The predicted molar refractivity (Wildman–Crippen MR) is 82.2 cm³/mol. The van der Waals surface area contributed by atoms with Crippen molar-refractivity contribution < 1.29 is 19.2 Å². The predicted octanol–water partition coefficient (Wildman–Crippen LogP) is 2.28. The molecule has 5 nitrogen and oxygen atoms in total. The smallest absolute Gasteiger partial charge is 0.238 e. The standard InChI is InChI=1S/C16H11Cl2NO4/c17-6-1-7(18)3-8(2-6)19-15(22)13-9-4-11(20)10(5-12(9)21)14(13)16(19)23/h1-3,9-10,13-14H,4-5H2/t9-,10-,13-,14+/m1/s1. The molecule has 0 aromatic heterocycles. The van der Waals surface area contributed by atoms with Crippen LogP contribution in [-0.2, 0) is 19.2 Å². The summed E-state index contributed by atoms with van der Waals surface area (Å²) in [5.74, 6) is -3.87. The number of carbonyl (C=O) groups excluding carboxylic acids is 4. The largest absolute Gasteiger partial charge is 0.299 e. The van der Waals surface area contributed by atoms with Crippen molar-refractivity contribution in [3.05, 3.63) is 28.2 Å². The topological polar surface area (TPSA) is 71.5 Å². The monoisotopic (exact) mass is 351 g/mol. The van der Waals surface area contributed by atoms with Crippen LogP contribution in [0.2, 0.25) is 10.0 Å². The van der Waals surface area contributed by atoms with E-state index in [1.165, 1.54) is 18.2 Å². The van der Waals surface area contributed by atoms with Crippen molar-refractivity contribution in [1.29, 1.82) is 0 Å². The molecule has 0 N–H and O–H groups in total. The van der Waals surface area contributed by atoms with Crippen molar-refractivity contribution in [2.24, 2.45) is 23.7 Å². The van der Waals surface area contributed by atoms with Crippen LogP contribution in [0.1, 0.15) is 12.8 Å². The van der Waals surface area contributed by atoms with Gasteiger partial charge >= 0.3 is 0 Å². The van der Waals surface area contributed by atoms with E-state index in [-0.39, 0.29) is 30.1 Å². The fourth-order valence-electron chi connectivity index (χ4n) is 4.10. The normalized spacial score (nSPS) is 32.7. The number of fused-ring (bicyclic) bond motifs is 2. The highest BCUT2D eigenvalue weighted by Crippen LogP contribution is 2.51. The summed E-state index contributed by atoms with van der Waals surface area (Å²) in [7, 11) is 0. The number of anilines is 1. The number of hydrogen-bond donors (Lipinski definition) is 0. The molecular weight excluding hydrogens is 341 g/mol. The number of halogens is 2. The van der Waals surface area contributed by atoms with Crippen LogP contribution in [-0.4, -0.2) is 23.4 Å². The Hall–Kier alpha value is -1.72. The molecule has 1 aliphatic heterocycles. The Bertz CT molecular complexity index is 730. The summed E-state index contributed by atoms with van der Waals surface area (Å²) in [6.07, 6.45) is 0.127. The Morgan fingerprint density at radius 3 is 1.65 bits per heavy atom. The second-order valence-corrected chi connectivity index (χ2v) is 7.12. The Morgan fingerprint density at radius 2 is 1.22 bits per heavy atom. The molecule has 2 amide bonds. The van der Waals surface area contributed by atoms with Gasteiger partial charge < -0.3 is 0 Å². The van der Waals surface area contributed by atoms with E-state index in [4.69, 9.17) is 23.2 Å². The zero-order chi connectivity index (χ0) is 16.5. The molecule has 0 unspecified atom stereocenters. The summed E-state index contributed by atoms with van der Waals surface area (Å²) >= 11 is 11.9. The molecule has 3 saturated carbocycles. The summed E-state index contributed by atoms with van der Waals surface area (Å²) in [4.78, 5) is 50.7. The number of benzene rings is 1. The quantitative estimate of drug-likeness (QED) is 0.727. The lowest BCUT2D eigenvalue weighted by molar-refractivity contribution is -0.153. The molecule has 1 heterocycles. The lowest BCUT2D eigenvalue weighted by Gasteiger charge is -2.40. The van der Waals surface area contributed by atoms with Crippen LogP contribution < -0.4 is 4.90 Å². The van der Waals surface area contributed by atoms with Crippen molar-refractivity contribution in [2.75, 3.05) is 4.90 Å². The summed E-state index contributed by atoms with van der Waals surface area (Å²) in [5, 5.41) is 0.608. The van der Waals surface area contributed by atoms with Crippen LogP contribution in [0, 0.1) is 23.7 Å². The molecule has 0 radical (unpaired) electrons. The number of Topliss-reactive ketones (excluding diaryl/α,β-unsaturated/α-hetero) is 2. The van der Waals surface area contributed by atoms with Crippen molar-refractivity contribution >= 4 is 52.3 Å². The molecule has 0 spiro atoms. The maximum absolute atomic E-state index is 12.8. The van der Waals surface area contributed by atoms with Gasteiger partial charge in [0, 0.05) is 34.7 Å². The minimum absolute atomic E-state index is 0.0633. The fraction of sp³-hybridized carbons (Fsp3) is 0.375. The summed E-state index contributed by atoms with van der Waals surface area (Å²) < 4.78 is 0. The van der Waals surface area contributed by atoms with Gasteiger partial charge in [-0.3, -0.25) is 19.2 Å². The van der Waals surface area contributed by atoms with E-state index in [9.17, 15) is 19.2 Å². The highest BCUT2D eigenvalue weighted by atomic mass is 35.5. The average molecular weight is 352 g/mol. The van der Waals surface area contributed by atoms with Gasteiger partial charge in [0.05, 0.1) is 17.5 Å². The Balaban J connectivity index is 1.80. The van der Waals surface area contributed by atoms with Crippen molar-refractivity contribution in [1.82, 2.24) is 0 Å². The third-order valence-electron chi connectivity index (χ3n) is 5.04. The molecular formula is C16H11Cl2NO4. The number of carbonyl (C=O) groups is 4. The molecule has 7 heteroatoms. The van der Waals surface area contributed by atoms with E-state index in [2.05, 4.69) is 0 Å². The minimum atomic E-state index is -0.732. The van der Waals surface area contributed by atoms with Crippen LogP contribution in [0.3, 0.4) is 0 Å². The van der Waals surface area contributed by atoms with Gasteiger partial charge in [-0.25, -0.2) is 4.90 Å². The molecule has 23 heavy (non-hydrogen) atoms. The molecule has 4 fully saturated rings. The molecule has 1 saturated heterocycles. The van der Waals surface area contributed by atoms with Crippen LogP contribution in [0.4, 0.5) is 5.69 Å². The van der Waals surface area contributed by atoms with Gasteiger partial charge in [-0.1, -0.05) is 23.2 Å². The van der Waals surface area contributed by atoms with E-state index in [1.54, 1.807) is 0 Å². The molecule has 1 aromatic carbocycles. The van der Waals surface area contributed by atoms with Crippen LogP contribution in [0.25, 0.3) is 0 Å². The highest BCUT2D eigenvalue weighted by Gasteiger charge is 2.63. The zero-order valence-corrected chi connectivity index (χ0v) is 13.3. The summed E-state index contributed by atoms with van der Waals surface area (Å²) in [6, 6.07) is 4.46. The maximum Gasteiger partial charge on any atom is 0.238 e. The first-order valence-electron chi connectivity index (χ1n) is 7.28. The lowest BCUT2D eigenvalue weighted by atomic mass is 9.58. The van der Waals surface area contributed by atoms with Gasteiger partial charge in [0.15, 0.2) is 0 Å². The summed E-state index contributed by atoms with van der Waals surface area (Å²) in [5.41, 5.74) is 0.284. The third kappa shape index (κ3) is 2.00. The lowest BCUT2D eigenvalue weighted by Crippen LogP contribution is -2.51. The first-order chi connectivity index (χ1) is 10.9. The number of hydrogen-bond acceptors (Lipinski definition) is 4. The molecule has 118 valence electrons. The minimum Gasteiger partial charge on any atom is -0.299 e. The van der Waals surface area contributed by atoms with Crippen molar-refractivity contribution in [3.63, 3.8) is 0 Å². The molecule has 1 aromatic rings. The van der Waals surface area contributed by atoms with E-state index >= 15 is 0 Å². The van der Waals surface area contributed by atoms with Crippen LogP contribution in [0.5, 0.6) is 0 Å². The van der Waals surface area contributed by atoms with E-state index in [0.717, 1.165) is 4.90 Å².